The lowest BCUT2D eigenvalue weighted by Crippen LogP contribution is -1.81. The summed E-state index contributed by atoms with van der Waals surface area (Å²) in [5.74, 6) is 0.769. The maximum absolute atomic E-state index is 5.91. The molecule has 0 aliphatic carbocycles. The SMILES string of the molecule is Nc1nnc(SCc2ccc(Cl)c(Cl)c2)s1. The predicted molar refractivity (Wildman–Crippen MR) is 70.3 cm³/mol. The summed E-state index contributed by atoms with van der Waals surface area (Å²) in [4.78, 5) is 0. The second kappa shape index (κ2) is 5.23. The lowest BCUT2D eigenvalue weighted by atomic mass is 10.2. The minimum atomic E-state index is 0.483. The van der Waals surface area contributed by atoms with Gasteiger partial charge in [0.05, 0.1) is 10.0 Å². The van der Waals surface area contributed by atoms with Crippen molar-refractivity contribution in [1.82, 2.24) is 10.2 Å². The molecule has 0 aliphatic rings. The maximum atomic E-state index is 5.91. The van der Waals surface area contributed by atoms with Gasteiger partial charge in [-0.05, 0) is 17.7 Å². The molecule has 0 unspecified atom stereocenters. The highest BCUT2D eigenvalue weighted by Crippen LogP contribution is 2.29. The molecular weight excluding hydrogens is 285 g/mol. The summed E-state index contributed by atoms with van der Waals surface area (Å²) in [5.41, 5.74) is 6.58. The lowest BCUT2D eigenvalue weighted by molar-refractivity contribution is 1.02. The number of rotatable bonds is 3. The second-order valence-corrected chi connectivity index (χ2v) is 5.99. The van der Waals surface area contributed by atoms with Gasteiger partial charge in [-0.3, -0.25) is 0 Å². The Morgan fingerprint density at radius 1 is 1.25 bits per heavy atom. The van der Waals surface area contributed by atoms with Crippen LogP contribution in [-0.2, 0) is 5.75 Å². The third kappa shape index (κ3) is 3.01. The van der Waals surface area contributed by atoms with Gasteiger partial charge in [-0.2, -0.15) is 0 Å². The zero-order valence-electron chi connectivity index (χ0n) is 7.98. The normalized spacial score (nSPS) is 10.6. The Hall–Kier alpha value is -0.490. The molecule has 16 heavy (non-hydrogen) atoms. The Balaban J connectivity index is 2.02. The van der Waals surface area contributed by atoms with Crippen LogP contribution in [0.3, 0.4) is 0 Å². The molecule has 0 bridgehead atoms. The molecule has 2 aromatic rings. The third-order valence-corrected chi connectivity index (χ3v) is 4.46. The summed E-state index contributed by atoms with van der Waals surface area (Å²) in [6, 6.07) is 5.57. The number of thioether (sulfide) groups is 1. The molecule has 0 atom stereocenters. The average molecular weight is 292 g/mol. The Morgan fingerprint density at radius 2 is 2.06 bits per heavy atom. The van der Waals surface area contributed by atoms with Gasteiger partial charge in [-0.25, -0.2) is 0 Å². The van der Waals surface area contributed by atoms with Crippen LogP contribution in [0.4, 0.5) is 5.13 Å². The summed E-state index contributed by atoms with van der Waals surface area (Å²) in [7, 11) is 0. The zero-order valence-corrected chi connectivity index (χ0v) is 11.1. The predicted octanol–water partition coefficient (Wildman–Crippen LogP) is 3.72. The highest BCUT2D eigenvalue weighted by Gasteiger charge is 2.04. The number of nitrogen functional groups attached to an aromatic ring is 1. The second-order valence-electron chi connectivity index (χ2n) is 2.94. The van der Waals surface area contributed by atoms with E-state index in [0.717, 1.165) is 15.7 Å². The molecule has 0 amide bonds. The smallest absolute Gasteiger partial charge is 0.203 e. The molecule has 3 nitrogen and oxygen atoms in total. The Bertz CT molecular complexity index is 501. The van der Waals surface area contributed by atoms with Gasteiger partial charge < -0.3 is 5.73 Å². The first-order valence-electron chi connectivity index (χ1n) is 4.31. The fourth-order valence-electron chi connectivity index (χ4n) is 1.05. The molecule has 0 fully saturated rings. The van der Waals surface area contributed by atoms with Crippen LogP contribution in [0, 0.1) is 0 Å². The molecule has 1 aromatic heterocycles. The van der Waals surface area contributed by atoms with E-state index < -0.39 is 0 Å². The number of hydrogen-bond donors (Lipinski definition) is 1. The largest absolute Gasteiger partial charge is 0.374 e. The molecule has 0 saturated carbocycles. The molecule has 0 aliphatic heterocycles. The fraction of sp³-hybridized carbons (Fsp3) is 0.111. The highest BCUT2D eigenvalue weighted by molar-refractivity contribution is 8.00. The van der Waals surface area contributed by atoms with E-state index in [4.69, 9.17) is 28.9 Å². The minimum absolute atomic E-state index is 0.483. The van der Waals surface area contributed by atoms with Gasteiger partial charge in [0.2, 0.25) is 5.13 Å². The first kappa shape index (κ1) is 12.0. The molecule has 84 valence electrons. The summed E-state index contributed by atoms with van der Waals surface area (Å²) < 4.78 is 0.851. The summed E-state index contributed by atoms with van der Waals surface area (Å²) >= 11 is 14.7. The third-order valence-electron chi connectivity index (χ3n) is 1.77. The maximum Gasteiger partial charge on any atom is 0.203 e. The van der Waals surface area contributed by atoms with E-state index in [1.807, 2.05) is 12.1 Å². The molecule has 0 saturated heterocycles. The first-order chi connectivity index (χ1) is 7.65. The van der Waals surface area contributed by atoms with Gasteiger partial charge in [-0.1, -0.05) is 52.4 Å². The van der Waals surface area contributed by atoms with Crippen molar-refractivity contribution in [1.29, 1.82) is 0 Å². The fourth-order valence-corrected chi connectivity index (χ4v) is 2.95. The highest BCUT2D eigenvalue weighted by atomic mass is 35.5. The summed E-state index contributed by atoms with van der Waals surface area (Å²) in [6.07, 6.45) is 0. The van der Waals surface area contributed by atoms with Gasteiger partial charge >= 0.3 is 0 Å². The molecule has 7 heteroatoms. The van der Waals surface area contributed by atoms with E-state index in [0.29, 0.717) is 15.2 Å². The summed E-state index contributed by atoms with van der Waals surface area (Å²) in [6.45, 7) is 0. The topological polar surface area (TPSA) is 51.8 Å². The van der Waals surface area contributed by atoms with Crippen LogP contribution in [0.25, 0.3) is 0 Å². The number of hydrogen-bond acceptors (Lipinski definition) is 5. The van der Waals surface area contributed by atoms with Crippen molar-refractivity contribution >= 4 is 51.4 Å². The van der Waals surface area contributed by atoms with Gasteiger partial charge in [0, 0.05) is 5.75 Å². The van der Waals surface area contributed by atoms with Crippen LogP contribution >= 0.6 is 46.3 Å². The van der Waals surface area contributed by atoms with Crippen LogP contribution in [0.2, 0.25) is 10.0 Å². The van der Waals surface area contributed by atoms with E-state index in [2.05, 4.69) is 10.2 Å². The van der Waals surface area contributed by atoms with E-state index >= 15 is 0 Å². The van der Waals surface area contributed by atoms with Crippen molar-refractivity contribution in [3.63, 3.8) is 0 Å². The molecular formula is C9H7Cl2N3S2. The quantitative estimate of drug-likeness (QED) is 0.876. The molecule has 0 radical (unpaired) electrons. The first-order valence-corrected chi connectivity index (χ1v) is 6.86. The Kier molecular flexibility index (Phi) is 3.91. The average Bonchev–Trinajstić information content (AvgIpc) is 2.66. The Labute approximate surface area is 111 Å². The Morgan fingerprint density at radius 3 is 2.69 bits per heavy atom. The van der Waals surface area contributed by atoms with Gasteiger partial charge in [0.25, 0.3) is 0 Å². The van der Waals surface area contributed by atoms with Crippen molar-refractivity contribution < 1.29 is 0 Å². The molecule has 1 heterocycles. The van der Waals surface area contributed by atoms with Crippen molar-refractivity contribution in [2.45, 2.75) is 10.1 Å². The number of benzene rings is 1. The van der Waals surface area contributed by atoms with Crippen LogP contribution in [0.1, 0.15) is 5.56 Å². The van der Waals surface area contributed by atoms with Gasteiger partial charge in [-0.15, -0.1) is 10.2 Å². The van der Waals surface area contributed by atoms with Gasteiger partial charge in [0.1, 0.15) is 0 Å². The van der Waals surface area contributed by atoms with Crippen molar-refractivity contribution in [2.75, 3.05) is 5.73 Å². The van der Waals surface area contributed by atoms with E-state index in [1.54, 1.807) is 17.8 Å². The number of nitrogens with zero attached hydrogens (tertiary/aromatic N) is 2. The van der Waals surface area contributed by atoms with Crippen molar-refractivity contribution in [3.05, 3.63) is 33.8 Å². The number of halogens is 2. The lowest BCUT2D eigenvalue weighted by Gasteiger charge is -2.00. The van der Waals surface area contributed by atoms with E-state index in [9.17, 15) is 0 Å². The number of nitrogens with two attached hydrogens (primary N) is 1. The van der Waals surface area contributed by atoms with Gasteiger partial charge in [0.15, 0.2) is 4.34 Å². The molecule has 2 rings (SSSR count). The molecule has 1 aromatic carbocycles. The zero-order chi connectivity index (χ0) is 11.5. The van der Waals surface area contributed by atoms with Crippen LogP contribution in [0.15, 0.2) is 22.5 Å². The number of aromatic nitrogens is 2. The summed E-state index contributed by atoms with van der Waals surface area (Å²) in [5, 5.41) is 9.27. The minimum Gasteiger partial charge on any atom is -0.374 e. The van der Waals surface area contributed by atoms with Crippen LogP contribution < -0.4 is 5.73 Å². The molecule has 2 N–H and O–H groups in total. The standard InChI is InChI=1S/C9H7Cl2N3S2/c10-6-2-1-5(3-7(6)11)4-15-9-14-13-8(12)16-9/h1-3H,4H2,(H2,12,13). The van der Waals surface area contributed by atoms with Crippen LogP contribution in [-0.4, -0.2) is 10.2 Å². The van der Waals surface area contributed by atoms with Crippen molar-refractivity contribution in [3.8, 4) is 0 Å². The van der Waals surface area contributed by atoms with E-state index in [-0.39, 0.29) is 0 Å². The number of anilines is 1. The monoisotopic (exact) mass is 291 g/mol. The van der Waals surface area contributed by atoms with Crippen LogP contribution in [0.5, 0.6) is 0 Å². The van der Waals surface area contributed by atoms with E-state index in [1.165, 1.54) is 11.3 Å². The van der Waals surface area contributed by atoms with Crippen molar-refractivity contribution in [2.24, 2.45) is 0 Å². The molecule has 0 spiro atoms.